The van der Waals surface area contributed by atoms with Crippen molar-refractivity contribution in [2.24, 2.45) is 0 Å². The van der Waals surface area contributed by atoms with Gasteiger partial charge < -0.3 is 5.32 Å². The average molecular weight is 209 g/mol. The van der Waals surface area contributed by atoms with Crippen molar-refractivity contribution in [3.63, 3.8) is 0 Å². The standard InChI is InChI=1S/C13H20FN/c1-4-6-11(5-2)15-12-7-8-13(14)10(3)9-12/h7-9,11,15H,4-6H2,1-3H3. The average Bonchev–Trinajstić information content (AvgIpc) is 2.23. The molecule has 84 valence electrons. The van der Waals surface area contributed by atoms with Crippen LogP contribution in [0.2, 0.25) is 0 Å². The Kier molecular flexibility index (Phi) is 4.60. The predicted octanol–water partition coefficient (Wildman–Crippen LogP) is 4.12. The second-order valence-corrected chi connectivity index (χ2v) is 4.00. The highest BCUT2D eigenvalue weighted by Crippen LogP contribution is 2.16. The first-order valence-corrected chi connectivity index (χ1v) is 5.70. The number of anilines is 1. The van der Waals surface area contributed by atoms with Crippen molar-refractivity contribution in [2.75, 3.05) is 5.32 Å². The van der Waals surface area contributed by atoms with Crippen LogP contribution in [0.3, 0.4) is 0 Å². The maximum atomic E-state index is 13.0. The molecule has 0 aliphatic rings. The van der Waals surface area contributed by atoms with Crippen LogP contribution in [0, 0.1) is 12.7 Å². The van der Waals surface area contributed by atoms with Crippen molar-refractivity contribution < 1.29 is 4.39 Å². The molecule has 0 bridgehead atoms. The van der Waals surface area contributed by atoms with Gasteiger partial charge in [0.05, 0.1) is 0 Å². The molecule has 0 saturated carbocycles. The van der Waals surface area contributed by atoms with Crippen LogP contribution in [0.25, 0.3) is 0 Å². The van der Waals surface area contributed by atoms with Gasteiger partial charge in [0.25, 0.3) is 0 Å². The lowest BCUT2D eigenvalue weighted by Gasteiger charge is -2.17. The van der Waals surface area contributed by atoms with Crippen LogP contribution in [0.5, 0.6) is 0 Å². The van der Waals surface area contributed by atoms with Gasteiger partial charge in [-0.3, -0.25) is 0 Å². The third-order valence-corrected chi connectivity index (χ3v) is 2.66. The van der Waals surface area contributed by atoms with E-state index in [-0.39, 0.29) is 5.82 Å². The Morgan fingerprint density at radius 1 is 1.33 bits per heavy atom. The van der Waals surface area contributed by atoms with Crippen molar-refractivity contribution in [3.8, 4) is 0 Å². The van der Waals surface area contributed by atoms with Gasteiger partial charge in [0.15, 0.2) is 0 Å². The molecule has 0 saturated heterocycles. The van der Waals surface area contributed by atoms with Gasteiger partial charge in [-0.1, -0.05) is 20.3 Å². The fourth-order valence-corrected chi connectivity index (χ4v) is 1.70. The third kappa shape index (κ3) is 3.54. The maximum absolute atomic E-state index is 13.0. The second-order valence-electron chi connectivity index (χ2n) is 4.00. The van der Waals surface area contributed by atoms with E-state index in [0.717, 1.165) is 18.5 Å². The van der Waals surface area contributed by atoms with E-state index in [1.165, 1.54) is 12.5 Å². The van der Waals surface area contributed by atoms with Crippen LogP contribution in [-0.2, 0) is 0 Å². The van der Waals surface area contributed by atoms with Crippen molar-refractivity contribution in [1.82, 2.24) is 0 Å². The highest BCUT2D eigenvalue weighted by molar-refractivity contribution is 5.46. The largest absolute Gasteiger partial charge is 0.382 e. The smallest absolute Gasteiger partial charge is 0.126 e. The summed E-state index contributed by atoms with van der Waals surface area (Å²) in [7, 11) is 0. The number of aryl methyl sites for hydroxylation is 1. The number of hydrogen-bond donors (Lipinski definition) is 1. The first-order chi connectivity index (χ1) is 7.17. The zero-order valence-electron chi connectivity index (χ0n) is 9.81. The van der Waals surface area contributed by atoms with Crippen LogP contribution >= 0.6 is 0 Å². The van der Waals surface area contributed by atoms with Gasteiger partial charge in [-0.05, 0) is 43.5 Å². The third-order valence-electron chi connectivity index (χ3n) is 2.66. The first-order valence-electron chi connectivity index (χ1n) is 5.70. The summed E-state index contributed by atoms with van der Waals surface area (Å²) in [6.45, 7) is 6.14. The molecule has 2 heteroatoms. The summed E-state index contributed by atoms with van der Waals surface area (Å²) in [6.07, 6.45) is 3.43. The molecule has 0 aliphatic heterocycles. The monoisotopic (exact) mass is 209 g/mol. The van der Waals surface area contributed by atoms with Crippen LogP contribution in [0.1, 0.15) is 38.7 Å². The molecule has 0 heterocycles. The summed E-state index contributed by atoms with van der Waals surface area (Å²) >= 11 is 0. The van der Waals surface area contributed by atoms with Gasteiger partial charge in [0.2, 0.25) is 0 Å². The Hall–Kier alpha value is -1.05. The van der Waals surface area contributed by atoms with Gasteiger partial charge in [-0.2, -0.15) is 0 Å². The molecule has 1 nitrogen and oxygen atoms in total. The van der Waals surface area contributed by atoms with Crippen LogP contribution in [0.15, 0.2) is 18.2 Å². The summed E-state index contributed by atoms with van der Waals surface area (Å²) in [5.41, 5.74) is 1.72. The topological polar surface area (TPSA) is 12.0 Å². The van der Waals surface area contributed by atoms with E-state index in [4.69, 9.17) is 0 Å². The quantitative estimate of drug-likeness (QED) is 0.769. The molecule has 0 radical (unpaired) electrons. The SMILES string of the molecule is CCCC(CC)Nc1ccc(F)c(C)c1. The Balaban J connectivity index is 2.66. The number of benzene rings is 1. The molecule has 0 spiro atoms. The van der Waals surface area contributed by atoms with Crippen LogP contribution in [0.4, 0.5) is 10.1 Å². The van der Waals surface area contributed by atoms with E-state index in [1.54, 1.807) is 13.0 Å². The fraction of sp³-hybridized carbons (Fsp3) is 0.538. The highest BCUT2D eigenvalue weighted by Gasteiger charge is 2.05. The lowest BCUT2D eigenvalue weighted by atomic mass is 10.1. The Labute approximate surface area is 91.7 Å². The van der Waals surface area contributed by atoms with Gasteiger partial charge in [-0.25, -0.2) is 4.39 Å². The van der Waals surface area contributed by atoms with Crippen molar-refractivity contribution in [1.29, 1.82) is 0 Å². The molecule has 1 unspecified atom stereocenters. The van der Waals surface area contributed by atoms with E-state index < -0.39 is 0 Å². The molecule has 1 N–H and O–H groups in total. The lowest BCUT2D eigenvalue weighted by molar-refractivity contribution is 0.613. The van der Waals surface area contributed by atoms with E-state index in [1.807, 2.05) is 6.07 Å². The number of nitrogens with one attached hydrogen (secondary N) is 1. The summed E-state index contributed by atoms with van der Waals surface area (Å²) in [4.78, 5) is 0. The summed E-state index contributed by atoms with van der Waals surface area (Å²) < 4.78 is 13.0. The molecule has 0 amide bonds. The normalized spacial score (nSPS) is 12.5. The molecule has 0 aliphatic carbocycles. The van der Waals surface area contributed by atoms with Gasteiger partial charge in [0.1, 0.15) is 5.82 Å². The lowest BCUT2D eigenvalue weighted by Crippen LogP contribution is -2.17. The van der Waals surface area contributed by atoms with Crippen molar-refractivity contribution in [3.05, 3.63) is 29.6 Å². The maximum Gasteiger partial charge on any atom is 0.126 e. The number of hydrogen-bond acceptors (Lipinski definition) is 1. The number of halogens is 1. The van der Waals surface area contributed by atoms with Crippen molar-refractivity contribution >= 4 is 5.69 Å². The fourth-order valence-electron chi connectivity index (χ4n) is 1.70. The molecular weight excluding hydrogens is 189 g/mol. The van der Waals surface area contributed by atoms with Crippen molar-refractivity contribution in [2.45, 2.75) is 46.1 Å². The summed E-state index contributed by atoms with van der Waals surface area (Å²) in [6, 6.07) is 5.70. The Bertz CT molecular complexity index is 309. The molecule has 1 atom stereocenters. The predicted molar refractivity (Wildman–Crippen MR) is 63.7 cm³/mol. The first kappa shape index (κ1) is 12.0. The summed E-state index contributed by atoms with van der Waals surface area (Å²) in [5.74, 6) is -0.135. The van der Waals surface area contributed by atoms with Crippen LogP contribution < -0.4 is 5.32 Å². The molecule has 15 heavy (non-hydrogen) atoms. The van der Waals surface area contributed by atoms with E-state index in [9.17, 15) is 4.39 Å². The summed E-state index contributed by atoms with van der Waals surface area (Å²) in [5, 5.41) is 3.43. The molecule has 1 aromatic carbocycles. The molecular formula is C13H20FN. The molecule has 1 aromatic rings. The van der Waals surface area contributed by atoms with Gasteiger partial charge in [-0.15, -0.1) is 0 Å². The second kappa shape index (κ2) is 5.74. The van der Waals surface area contributed by atoms with E-state index in [0.29, 0.717) is 11.6 Å². The Morgan fingerprint density at radius 3 is 2.60 bits per heavy atom. The molecule has 0 fully saturated rings. The minimum atomic E-state index is -0.135. The van der Waals surface area contributed by atoms with Crippen LogP contribution in [-0.4, -0.2) is 6.04 Å². The Morgan fingerprint density at radius 2 is 2.07 bits per heavy atom. The van der Waals surface area contributed by atoms with E-state index in [2.05, 4.69) is 19.2 Å². The van der Waals surface area contributed by atoms with Gasteiger partial charge >= 0.3 is 0 Å². The van der Waals surface area contributed by atoms with Gasteiger partial charge in [0, 0.05) is 11.7 Å². The zero-order valence-corrected chi connectivity index (χ0v) is 9.81. The minimum absolute atomic E-state index is 0.135. The highest BCUT2D eigenvalue weighted by atomic mass is 19.1. The minimum Gasteiger partial charge on any atom is -0.382 e. The molecule has 1 rings (SSSR count). The molecule has 0 aromatic heterocycles. The zero-order chi connectivity index (χ0) is 11.3. The van der Waals surface area contributed by atoms with E-state index >= 15 is 0 Å². The number of rotatable bonds is 5.